The molecule has 10 aliphatic rings. The molecule has 364 valence electrons. The van der Waals surface area contributed by atoms with Crippen molar-refractivity contribution in [2.24, 2.45) is 29.6 Å². The van der Waals surface area contributed by atoms with Crippen LogP contribution in [0.15, 0.2) is 0 Å². The predicted octanol–water partition coefficient (Wildman–Crippen LogP) is 5.19. The van der Waals surface area contributed by atoms with Gasteiger partial charge < -0.3 is 57.6 Å². The van der Waals surface area contributed by atoms with E-state index < -0.39 is 5.79 Å². The Kier molecular flexibility index (Phi) is 19.0. The number of rotatable bonds is 5. The average Bonchev–Trinajstić information content (AvgIpc) is 3.71. The monoisotopic (exact) mass is 953 g/mol. The third-order valence-corrected chi connectivity index (χ3v) is 20.2. The van der Waals surface area contributed by atoms with E-state index in [0.29, 0.717) is 56.2 Å². The Morgan fingerprint density at radius 3 is 1.82 bits per heavy atom. The molecule has 10 saturated heterocycles. The van der Waals surface area contributed by atoms with Gasteiger partial charge in [-0.1, -0.05) is 90.8 Å². The molecule has 20 heteroatoms. The van der Waals surface area contributed by atoms with Crippen molar-refractivity contribution in [1.29, 1.82) is 0 Å². The largest absolute Gasteiger partial charge is 0.379 e. The summed E-state index contributed by atoms with van der Waals surface area (Å²) in [6.45, 7) is 24.9. The van der Waals surface area contributed by atoms with Gasteiger partial charge in [0.1, 0.15) is 46.0 Å². The zero-order chi connectivity index (χ0) is 48.4. The zero-order valence-electron chi connectivity index (χ0n) is 41.7. The zero-order valence-corrected chi connectivity index (χ0v) is 43.3. The number of ether oxygens (including phenoxy) is 10. The standard InChI is InChI=1S/C10H17BN2O2.C10H17BO2.2C9H15BO3.C8H13BOS2/c1-4-10-5-12-9(14)13(3)7(6(10)2)8(11)15-10;1-3-10-5-4-6-12-8(7(10)2)9(11)13-10;1-3-9-4-11-5-12-7(6(9)2)8(10)13-9;1-3-9-6(2)7(8(10)13-9)11-4-5-12-9;1-3-8-4-11-12-6(5(8)2)7(9)10-8/h6-8H,4-5H2,1-3H3,(H,12,14);7-9H,3-6H2,1-2H3;2*6-8H,3-5H2,1-2H3;5-7H,3-4H2,1-2H3/t6?,7-,8+,10-;7?,8-,9+,10-;6?,7-,8+,9-;6?,7-,8+,9+;5?,6-,7+,8-/m00000/s1. The smallest absolute Gasteiger partial charge is 0.317 e. The van der Waals surface area contributed by atoms with Crippen molar-refractivity contribution in [3.8, 4) is 0 Å². The third-order valence-electron chi connectivity index (χ3n) is 17.1. The van der Waals surface area contributed by atoms with Crippen LogP contribution in [0.3, 0.4) is 0 Å². The van der Waals surface area contributed by atoms with Crippen LogP contribution in [0.25, 0.3) is 0 Å². The second kappa shape index (κ2) is 22.8. The Labute approximate surface area is 411 Å². The van der Waals surface area contributed by atoms with Gasteiger partial charge in [-0.3, -0.25) is 0 Å². The number of nitrogens with zero attached hydrogens (tertiary/aromatic N) is 1. The maximum Gasteiger partial charge on any atom is 0.317 e. The first kappa shape index (κ1) is 55.2. The molecule has 2 amide bonds. The molecular weight excluding hydrogens is 875 g/mol. The molecule has 10 rings (SSSR count). The molecule has 10 aliphatic heterocycles. The number of hydrogen-bond acceptors (Lipinski definition) is 13. The Hall–Kier alpha value is -0.105. The second-order valence-corrected chi connectivity index (χ2v) is 22.5. The number of urea groups is 1. The lowest BCUT2D eigenvalue weighted by Crippen LogP contribution is -2.49. The summed E-state index contributed by atoms with van der Waals surface area (Å²) in [6.07, 6.45) is 7.02. The third kappa shape index (κ3) is 10.5. The van der Waals surface area contributed by atoms with Crippen molar-refractivity contribution in [2.45, 2.75) is 202 Å². The highest BCUT2D eigenvalue weighted by Crippen LogP contribution is 2.54. The van der Waals surface area contributed by atoms with Crippen LogP contribution in [0.1, 0.15) is 114 Å². The highest BCUT2D eigenvalue weighted by Gasteiger charge is 2.56. The van der Waals surface area contributed by atoms with Gasteiger partial charge in [0.15, 0.2) is 5.79 Å². The summed E-state index contributed by atoms with van der Waals surface area (Å²) in [6, 6.07) is -1.33. The first-order chi connectivity index (χ1) is 31.3. The number of carbonyl (C=O) groups excluding carboxylic acids is 1. The summed E-state index contributed by atoms with van der Waals surface area (Å²) >= 11 is 0. The van der Waals surface area contributed by atoms with Crippen molar-refractivity contribution in [3.63, 3.8) is 0 Å². The minimum atomic E-state index is -0.499. The lowest BCUT2D eigenvalue weighted by molar-refractivity contribution is -0.237. The van der Waals surface area contributed by atoms with Gasteiger partial charge in [0.05, 0.1) is 66.6 Å². The SMILES string of the molecule is [B][C@@H]1O[C@@]2(CC)CCCO[C@H]1C2C.[B][C@@H]1O[C@@]2(CC)CNC(=O)N(C)[C@H]1C2C.[B][C@@H]1O[C@@]2(CC)COCO[C@H]1C2C.[B][C@@H]1O[C@@]2(CC)CSS[C@H]1C2C.[B][C@@H]1O[C@@]2(CC)OCCO[C@H]1C2C. The molecule has 66 heavy (non-hydrogen) atoms. The second-order valence-electron chi connectivity index (χ2n) is 20.0. The number of nitrogens with one attached hydrogen (secondary N) is 1. The number of hydrogen-bond donors (Lipinski definition) is 1. The molecule has 20 atom stereocenters. The van der Waals surface area contributed by atoms with Gasteiger partial charge in [0.25, 0.3) is 0 Å². The van der Waals surface area contributed by atoms with Gasteiger partial charge >= 0.3 is 6.03 Å². The molecule has 0 saturated carbocycles. The fourth-order valence-electron chi connectivity index (χ4n) is 12.1. The lowest BCUT2D eigenvalue weighted by atomic mass is 9.80. The van der Waals surface area contributed by atoms with Crippen LogP contribution in [0.5, 0.6) is 0 Å². The van der Waals surface area contributed by atoms with Crippen molar-refractivity contribution in [3.05, 3.63) is 0 Å². The van der Waals surface area contributed by atoms with Crippen LogP contribution in [-0.4, -0.2) is 191 Å². The quantitative estimate of drug-likeness (QED) is 0.288. The van der Waals surface area contributed by atoms with Gasteiger partial charge in [-0.05, 0) is 44.9 Å². The summed E-state index contributed by atoms with van der Waals surface area (Å²) in [4.78, 5) is 13.3. The fourth-order valence-corrected chi connectivity index (χ4v) is 15.8. The van der Waals surface area contributed by atoms with E-state index in [0.717, 1.165) is 57.3 Å². The van der Waals surface area contributed by atoms with Gasteiger partial charge in [-0.2, -0.15) is 0 Å². The van der Waals surface area contributed by atoms with E-state index >= 15 is 0 Å². The van der Waals surface area contributed by atoms with Crippen LogP contribution in [0.4, 0.5) is 4.79 Å². The molecule has 10 bridgehead atoms. The lowest BCUT2D eigenvalue weighted by Gasteiger charge is -2.35. The van der Waals surface area contributed by atoms with Gasteiger partial charge in [-0.25, -0.2) is 4.79 Å². The topological polar surface area (TPSA) is 125 Å². The summed E-state index contributed by atoms with van der Waals surface area (Å²) in [5.41, 5.74) is -0.425. The number of fused-ring (bicyclic) bond motifs is 10. The minimum absolute atomic E-state index is 0.000579. The normalized spacial score (nSPS) is 49.7. The molecule has 0 spiro atoms. The van der Waals surface area contributed by atoms with Crippen LogP contribution >= 0.6 is 21.6 Å². The molecule has 1 N–H and O–H groups in total. The van der Waals surface area contributed by atoms with E-state index in [1.807, 2.05) is 21.6 Å². The Bertz CT molecular complexity index is 1500. The predicted molar refractivity (Wildman–Crippen MR) is 263 cm³/mol. The summed E-state index contributed by atoms with van der Waals surface area (Å²) in [7, 11) is 35.0. The molecule has 10 heterocycles. The molecule has 0 aromatic heterocycles. The van der Waals surface area contributed by atoms with Crippen molar-refractivity contribution in [2.75, 3.05) is 52.6 Å². The molecule has 13 nitrogen and oxygen atoms in total. The van der Waals surface area contributed by atoms with Crippen molar-refractivity contribution < 1.29 is 52.2 Å². The fraction of sp³-hybridized carbons (Fsp3) is 0.978. The van der Waals surface area contributed by atoms with Crippen molar-refractivity contribution >= 4 is 66.9 Å². The van der Waals surface area contributed by atoms with E-state index in [1.165, 1.54) is 0 Å². The van der Waals surface area contributed by atoms with E-state index in [1.54, 1.807) is 11.9 Å². The van der Waals surface area contributed by atoms with Crippen LogP contribution in [-0.2, 0) is 47.4 Å². The molecule has 0 aromatic carbocycles. The highest BCUT2D eigenvalue weighted by atomic mass is 33.1. The number of likely N-dealkylation sites (N-methyl/N-ethyl adjacent to an activating group) is 1. The summed E-state index contributed by atoms with van der Waals surface area (Å²) in [5.74, 6) is 2.45. The Morgan fingerprint density at radius 1 is 0.621 bits per heavy atom. The molecule has 0 aliphatic carbocycles. The maximum absolute atomic E-state index is 11.7. The summed E-state index contributed by atoms with van der Waals surface area (Å²) in [5, 5.41) is 3.38. The molecule has 10 fully saturated rings. The van der Waals surface area contributed by atoms with Crippen LogP contribution in [0, 0.1) is 29.6 Å². The van der Waals surface area contributed by atoms with E-state index in [2.05, 4.69) is 74.6 Å². The summed E-state index contributed by atoms with van der Waals surface area (Å²) < 4.78 is 56.7. The number of amides is 2. The number of carbonyl (C=O) groups is 1. The van der Waals surface area contributed by atoms with E-state index in [-0.39, 0.29) is 94.6 Å². The van der Waals surface area contributed by atoms with Gasteiger partial charge in [0, 0.05) is 90.8 Å². The van der Waals surface area contributed by atoms with Gasteiger partial charge in [0.2, 0.25) is 0 Å². The first-order valence-electron chi connectivity index (χ1n) is 24.8. The van der Waals surface area contributed by atoms with Crippen LogP contribution in [0.2, 0.25) is 0 Å². The molecule has 10 radical (unpaired) electrons. The van der Waals surface area contributed by atoms with Gasteiger partial charge in [-0.15, -0.1) is 0 Å². The van der Waals surface area contributed by atoms with E-state index in [4.69, 9.17) is 86.6 Å². The van der Waals surface area contributed by atoms with E-state index in [9.17, 15) is 4.79 Å². The molecule has 0 aromatic rings. The molecule has 5 unspecified atom stereocenters. The van der Waals surface area contributed by atoms with Crippen molar-refractivity contribution in [1.82, 2.24) is 10.2 Å². The molecular formula is C46H77B5N2O11S2. The van der Waals surface area contributed by atoms with Crippen LogP contribution < -0.4 is 5.32 Å². The average molecular weight is 952 g/mol. The Morgan fingerprint density at radius 2 is 1.18 bits per heavy atom. The highest BCUT2D eigenvalue weighted by molar-refractivity contribution is 8.77. The Balaban J connectivity index is 0.000000137. The first-order valence-corrected chi connectivity index (χ1v) is 27.2. The minimum Gasteiger partial charge on any atom is -0.379 e. The maximum atomic E-state index is 11.7.